The fourth-order valence-electron chi connectivity index (χ4n) is 2.22. The number of rotatable bonds is 5. The van der Waals surface area contributed by atoms with Crippen molar-refractivity contribution in [3.05, 3.63) is 29.3 Å². The molecular weight excluding hydrogens is 262 g/mol. The Morgan fingerprint density at radius 1 is 1.42 bits per heavy atom. The second-order valence-corrected chi connectivity index (χ2v) is 4.94. The number of nitrogens with zero attached hydrogens (tertiary/aromatic N) is 1. The van der Waals surface area contributed by atoms with Crippen LogP contribution in [0, 0.1) is 0 Å². The molecule has 0 bridgehead atoms. The van der Waals surface area contributed by atoms with Gasteiger partial charge in [-0.15, -0.1) is 12.6 Å². The molecule has 4 nitrogen and oxygen atoms in total. The number of ether oxygens (including phenoxy) is 2. The summed E-state index contributed by atoms with van der Waals surface area (Å²) in [6, 6.07) is 5.49. The van der Waals surface area contributed by atoms with Gasteiger partial charge in [-0.25, -0.2) is 0 Å². The standard InChI is InChI=1S/C14H19NO3S/c1-17-12-2-3-13(14(16)19)11(10-12)4-5-15-6-8-18-9-7-15/h2-3,10H,4-9H2,1H3,(H,16,19). The van der Waals surface area contributed by atoms with E-state index in [0.717, 1.165) is 50.6 Å². The Morgan fingerprint density at radius 2 is 2.16 bits per heavy atom. The van der Waals surface area contributed by atoms with Crippen molar-refractivity contribution in [1.82, 2.24) is 4.90 Å². The predicted molar refractivity (Wildman–Crippen MR) is 77.3 cm³/mol. The van der Waals surface area contributed by atoms with Crippen LogP contribution in [-0.4, -0.2) is 50.0 Å². The zero-order valence-corrected chi connectivity index (χ0v) is 12.0. The fraction of sp³-hybridized carbons (Fsp3) is 0.500. The molecule has 104 valence electrons. The molecule has 0 saturated carbocycles. The lowest BCUT2D eigenvalue weighted by Gasteiger charge is -2.26. The summed E-state index contributed by atoms with van der Waals surface area (Å²) in [6.07, 6.45) is 0.818. The van der Waals surface area contributed by atoms with Crippen molar-refractivity contribution in [1.29, 1.82) is 0 Å². The summed E-state index contributed by atoms with van der Waals surface area (Å²) < 4.78 is 10.5. The molecule has 0 spiro atoms. The second kappa shape index (κ2) is 6.93. The highest BCUT2D eigenvalue weighted by Crippen LogP contribution is 2.20. The van der Waals surface area contributed by atoms with Gasteiger partial charge in [-0.3, -0.25) is 9.69 Å². The first-order chi connectivity index (χ1) is 9.20. The summed E-state index contributed by atoms with van der Waals surface area (Å²) >= 11 is 3.93. The molecule has 0 aliphatic carbocycles. The maximum Gasteiger partial charge on any atom is 0.216 e. The van der Waals surface area contributed by atoms with Crippen LogP contribution in [0.15, 0.2) is 18.2 Å². The summed E-state index contributed by atoms with van der Waals surface area (Å²) in [5, 5.41) is -0.195. The monoisotopic (exact) mass is 281 g/mol. The van der Waals surface area contributed by atoms with Gasteiger partial charge in [0.05, 0.1) is 20.3 Å². The zero-order valence-electron chi connectivity index (χ0n) is 11.1. The number of carbonyl (C=O) groups excluding carboxylic acids is 1. The first-order valence-electron chi connectivity index (χ1n) is 6.41. The molecule has 0 unspecified atom stereocenters. The van der Waals surface area contributed by atoms with Gasteiger partial charge in [0.25, 0.3) is 0 Å². The van der Waals surface area contributed by atoms with Crippen molar-refractivity contribution in [2.24, 2.45) is 0 Å². The number of hydrogen-bond acceptors (Lipinski definition) is 4. The zero-order chi connectivity index (χ0) is 13.7. The summed E-state index contributed by atoms with van der Waals surface area (Å²) in [7, 11) is 1.63. The lowest BCUT2D eigenvalue weighted by atomic mass is 10.0. The van der Waals surface area contributed by atoms with Gasteiger partial charge in [0.2, 0.25) is 5.12 Å². The first-order valence-corrected chi connectivity index (χ1v) is 6.85. The predicted octanol–water partition coefficient (Wildman–Crippen LogP) is 1.64. The Morgan fingerprint density at radius 3 is 2.79 bits per heavy atom. The number of thiol groups is 1. The van der Waals surface area contributed by atoms with E-state index < -0.39 is 0 Å². The smallest absolute Gasteiger partial charge is 0.216 e. The Bertz CT molecular complexity index is 444. The molecule has 0 radical (unpaired) electrons. The molecule has 1 saturated heterocycles. The molecule has 19 heavy (non-hydrogen) atoms. The van der Waals surface area contributed by atoms with Crippen LogP contribution in [0.5, 0.6) is 5.75 Å². The van der Waals surface area contributed by atoms with E-state index in [9.17, 15) is 4.79 Å². The van der Waals surface area contributed by atoms with Gasteiger partial charge in [-0.1, -0.05) is 0 Å². The molecule has 1 aliphatic rings. The highest BCUT2D eigenvalue weighted by atomic mass is 32.1. The number of benzene rings is 1. The Hall–Kier alpha value is -1.04. The molecule has 5 heteroatoms. The summed E-state index contributed by atoms with van der Waals surface area (Å²) in [5.74, 6) is 0.773. The second-order valence-electron chi connectivity index (χ2n) is 4.53. The molecule has 0 atom stereocenters. The summed E-state index contributed by atoms with van der Waals surface area (Å²) in [4.78, 5) is 13.8. The molecule has 2 rings (SSSR count). The minimum absolute atomic E-state index is 0.195. The number of methoxy groups -OCH3 is 1. The van der Waals surface area contributed by atoms with Crippen molar-refractivity contribution in [2.45, 2.75) is 6.42 Å². The molecule has 1 aromatic carbocycles. The van der Waals surface area contributed by atoms with E-state index in [-0.39, 0.29) is 5.12 Å². The van der Waals surface area contributed by atoms with E-state index >= 15 is 0 Å². The van der Waals surface area contributed by atoms with Crippen molar-refractivity contribution in [3.8, 4) is 5.75 Å². The highest BCUT2D eigenvalue weighted by molar-refractivity contribution is 7.97. The van der Waals surface area contributed by atoms with Crippen LogP contribution in [0.4, 0.5) is 0 Å². The third-order valence-corrected chi connectivity index (χ3v) is 3.58. The van der Waals surface area contributed by atoms with Crippen molar-refractivity contribution < 1.29 is 14.3 Å². The van der Waals surface area contributed by atoms with Gasteiger partial charge in [0, 0.05) is 25.2 Å². The van der Waals surface area contributed by atoms with Crippen LogP contribution in [0.3, 0.4) is 0 Å². The van der Waals surface area contributed by atoms with E-state index in [4.69, 9.17) is 9.47 Å². The van der Waals surface area contributed by atoms with Gasteiger partial charge in [0.1, 0.15) is 5.75 Å². The van der Waals surface area contributed by atoms with Gasteiger partial charge < -0.3 is 9.47 Å². The number of hydrogen-bond donors (Lipinski definition) is 1. The Labute approximate surface area is 119 Å². The number of morpholine rings is 1. The van der Waals surface area contributed by atoms with Gasteiger partial charge >= 0.3 is 0 Å². The van der Waals surface area contributed by atoms with Crippen LogP contribution < -0.4 is 4.74 Å². The average Bonchev–Trinajstić information content (AvgIpc) is 2.45. The van der Waals surface area contributed by atoms with Crippen LogP contribution in [0.25, 0.3) is 0 Å². The quantitative estimate of drug-likeness (QED) is 0.833. The third-order valence-electron chi connectivity index (χ3n) is 3.34. The molecule has 0 N–H and O–H groups in total. The maximum atomic E-state index is 11.5. The first kappa shape index (κ1) is 14.4. The largest absolute Gasteiger partial charge is 0.497 e. The van der Waals surface area contributed by atoms with E-state index in [1.165, 1.54) is 0 Å². The SMILES string of the molecule is COc1ccc(C(=O)S)c(CCN2CCOCC2)c1. The van der Waals surface area contributed by atoms with E-state index in [1.54, 1.807) is 19.2 Å². The van der Waals surface area contributed by atoms with Crippen LogP contribution >= 0.6 is 12.6 Å². The fourth-order valence-corrected chi connectivity index (χ4v) is 2.43. The molecule has 1 aliphatic heterocycles. The molecule has 1 heterocycles. The minimum atomic E-state index is -0.195. The Kier molecular flexibility index (Phi) is 5.24. The lowest BCUT2D eigenvalue weighted by molar-refractivity contribution is 0.0384. The maximum absolute atomic E-state index is 11.5. The van der Waals surface area contributed by atoms with Crippen molar-refractivity contribution >= 4 is 17.7 Å². The molecule has 1 aromatic rings. The van der Waals surface area contributed by atoms with Gasteiger partial charge in [-0.2, -0.15) is 0 Å². The van der Waals surface area contributed by atoms with E-state index in [0.29, 0.717) is 5.56 Å². The van der Waals surface area contributed by atoms with Crippen molar-refractivity contribution in [3.63, 3.8) is 0 Å². The topological polar surface area (TPSA) is 38.8 Å². The van der Waals surface area contributed by atoms with E-state index in [1.807, 2.05) is 6.07 Å². The van der Waals surface area contributed by atoms with E-state index in [2.05, 4.69) is 17.5 Å². The normalized spacial score (nSPS) is 16.3. The molecule has 0 amide bonds. The summed E-state index contributed by atoms with van der Waals surface area (Å²) in [6.45, 7) is 4.40. The lowest BCUT2D eigenvalue weighted by Crippen LogP contribution is -2.37. The van der Waals surface area contributed by atoms with Crippen LogP contribution in [-0.2, 0) is 11.2 Å². The summed E-state index contributed by atoms with van der Waals surface area (Å²) in [5.41, 5.74) is 1.66. The highest BCUT2D eigenvalue weighted by Gasteiger charge is 2.13. The van der Waals surface area contributed by atoms with Gasteiger partial charge in [-0.05, 0) is 30.2 Å². The van der Waals surface area contributed by atoms with Crippen LogP contribution in [0.1, 0.15) is 15.9 Å². The van der Waals surface area contributed by atoms with Crippen molar-refractivity contribution in [2.75, 3.05) is 40.0 Å². The van der Waals surface area contributed by atoms with Crippen LogP contribution in [0.2, 0.25) is 0 Å². The minimum Gasteiger partial charge on any atom is -0.497 e. The molecule has 1 fully saturated rings. The Balaban J connectivity index is 2.06. The third kappa shape index (κ3) is 3.96. The van der Waals surface area contributed by atoms with Gasteiger partial charge in [0.15, 0.2) is 0 Å². The molecule has 0 aromatic heterocycles. The molecular formula is C14H19NO3S. The average molecular weight is 281 g/mol. The number of carbonyl (C=O) groups is 1.